The number of carbonyl (C=O) groups is 1. The van der Waals surface area contributed by atoms with Crippen molar-refractivity contribution in [3.8, 4) is 0 Å². The molecule has 5 nitrogen and oxygen atoms in total. The summed E-state index contributed by atoms with van der Waals surface area (Å²) < 4.78 is 1.91. The van der Waals surface area contributed by atoms with Crippen LogP contribution in [-0.4, -0.2) is 39.7 Å². The number of likely N-dealkylation sites (tertiary alicyclic amines) is 1. The Morgan fingerprint density at radius 2 is 2.12 bits per heavy atom. The van der Waals surface area contributed by atoms with Gasteiger partial charge in [-0.25, -0.2) is 0 Å². The summed E-state index contributed by atoms with van der Waals surface area (Å²) in [5, 5.41) is 8.29. The Labute approximate surface area is 160 Å². The van der Waals surface area contributed by atoms with Crippen LogP contribution in [-0.2, 0) is 13.1 Å². The van der Waals surface area contributed by atoms with E-state index < -0.39 is 0 Å². The summed E-state index contributed by atoms with van der Waals surface area (Å²) >= 11 is 5.96. The van der Waals surface area contributed by atoms with Crippen LogP contribution in [0.5, 0.6) is 0 Å². The fourth-order valence-corrected chi connectivity index (χ4v) is 3.66. The van der Waals surface area contributed by atoms with Gasteiger partial charge in [-0.05, 0) is 50.4 Å². The van der Waals surface area contributed by atoms with Gasteiger partial charge in [0.05, 0.1) is 11.8 Å². The Morgan fingerprint density at radius 1 is 1.35 bits per heavy atom. The highest BCUT2D eigenvalue weighted by atomic mass is 35.5. The van der Waals surface area contributed by atoms with Gasteiger partial charge in [0.2, 0.25) is 0 Å². The average Bonchev–Trinajstić information content (AvgIpc) is 2.99. The van der Waals surface area contributed by atoms with E-state index in [1.807, 2.05) is 23.7 Å². The number of nitrogens with one attached hydrogen (secondary N) is 1. The molecular weight excluding hydrogens is 348 g/mol. The van der Waals surface area contributed by atoms with E-state index in [1.54, 1.807) is 6.20 Å². The van der Waals surface area contributed by atoms with Gasteiger partial charge in [0.1, 0.15) is 0 Å². The molecule has 2 aromatic rings. The zero-order valence-electron chi connectivity index (χ0n) is 15.5. The van der Waals surface area contributed by atoms with Crippen molar-refractivity contribution < 1.29 is 4.79 Å². The Bertz CT molecular complexity index is 741. The van der Waals surface area contributed by atoms with E-state index in [-0.39, 0.29) is 11.9 Å². The lowest BCUT2D eigenvalue weighted by molar-refractivity contribution is 0.0900. The molecule has 0 radical (unpaired) electrons. The molecule has 1 aliphatic rings. The standard InChI is InChI=1S/C20H27ClN4O/c1-3-10-25-15(2)19(12-22-25)20(26)23-18-5-4-11-24(14-18)13-16-6-8-17(21)9-7-16/h6-9,12,18H,3-5,10-11,13-14H2,1-2H3,(H,23,26)/t18-/m1/s1. The summed E-state index contributed by atoms with van der Waals surface area (Å²) in [6.07, 6.45) is 4.80. The maximum absolute atomic E-state index is 12.7. The largest absolute Gasteiger partial charge is 0.348 e. The summed E-state index contributed by atoms with van der Waals surface area (Å²) in [6.45, 7) is 7.73. The minimum Gasteiger partial charge on any atom is -0.348 e. The second-order valence-electron chi connectivity index (χ2n) is 7.04. The third kappa shape index (κ3) is 4.65. The van der Waals surface area contributed by atoms with Crippen LogP contribution in [0, 0.1) is 6.92 Å². The summed E-state index contributed by atoms with van der Waals surface area (Å²) in [7, 11) is 0. The quantitative estimate of drug-likeness (QED) is 0.839. The van der Waals surface area contributed by atoms with Crippen LogP contribution in [0.15, 0.2) is 30.5 Å². The Hall–Kier alpha value is -1.85. The molecule has 1 N–H and O–H groups in total. The molecule has 140 valence electrons. The van der Waals surface area contributed by atoms with E-state index in [0.717, 1.165) is 56.2 Å². The molecule has 0 saturated carbocycles. The van der Waals surface area contributed by atoms with Crippen molar-refractivity contribution in [2.75, 3.05) is 13.1 Å². The average molecular weight is 375 g/mol. The molecule has 1 fully saturated rings. The van der Waals surface area contributed by atoms with E-state index in [9.17, 15) is 4.79 Å². The first kappa shape index (κ1) is 18.9. The number of aryl methyl sites for hydroxylation is 1. The first-order chi connectivity index (χ1) is 12.6. The first-order valence-electron chi connectivity index (χ1n) is 9.37. The van der Waals surface area contributed by atoms with Gasteiger partial charge in [-0.2, -0.15) is 5.10 Å². The summed E-state index contributed by atoms with van der Waals surface area (Å²) in [4.78, 5) is 15.1. The van der Waals surface area contributed by atoms with Crippen LogP contribution in [0.1, 0.15) is 47.8 Å². The molecule has 1 aromatic heterocycles. The van der Waals surface area contributed by atoms with Crippen LogP contribution >= 0.6 is 11.6 Å². The van der Waals surface area contributed by atoms with Gasteiger partial charge in [-0.3, -0.25) is 14.4 Å². The van der Waals surface area contributed by atoms with E-state index in [2.05, 4.69) is 34.4 Å². The second kappa shape index (κ2) is 8.69. The van der Waals surface area contributed by atoms with Crippen LogP contribution in [0.2, 0.25) is 5.02 Å². The molecule has 26 heavy (non-hydrogen) atoms. The number of aromatic nitrogens is 2. The van der Waals surface area contributed by atoms with Gasteiger partial charge in [-0.15, -0.1) is 0 Å². The van der Waals surface area contributed by atoms with E-state index in [0.29, 0.717) is 5.56 Å². The number of piperidine rings is 1. The molecule has 3 rings (SSSR count). The molecule has 0 aliphatic carbocycles. The third-order valence-electron chi connectivity index (χ3n) is 4.94. The van der Waals surface area contributed by atoms with Crippen molar-refractivity contribution in [3.05, 3.63) is 52.3 Å². The minimum absolute atomic E-state index is 0.0109. The van der Waals surface area contributed by atoms with Crippen molar-refractivity contribution in [1.29, 1.82) is 0 Å². The van der Waals surface area contributed by atoms with Gasteiger partial charge in [-0.1, -0.05) is 30.7 Å². The van der Waals surface area contributed by atoms with Gasteiger partial charge in [0.15, 0.2) is 0 Å². The third-order valence-corrected chi connectivity index (χ3v) is 5.20. The topological polar surface area (TPSA) is 50.2 Å². The zero-order chi connectivity index (χ0) is 18.5. The number of halogens is 1. The maximum atomic E-state index is 12.7. The van der Waals surface area contributed by atoms with Crippen molar-refractivity contribution in [3.63, 3.8) is 0 Å². The SMILES string of the molecule is CCCn1ncc(C(=O)N[C@@H]2CCCN(Cc3ccc(Cl)cc3)C2)c1C. The number of nitrogens with zero attached hydrogens (tertiary/aromatic N) is 3. The normalized spacial score (nSPS) is 18.0. The van der Waals surface area contributed by atoms with Gasteiger partial charge >= 0.3 is 0 Å². The predicted octanol–water partition coefficient (Wildman–Crippen LogP) is 3.65. The first-order valence-corrected chi connectivity index (χ1v) is 9.74. The highest BCUT2D eigenvalue weighted by Crippen LogP contribution is 2.17. The smallest absolute Gasteiger partial charge is 0.255 e. The number of hydrogen-bond donors (Lipinski definition) is 1. The Balaban J connectivity index is 1.57. The number of rotatable bonds is 6. The minimum atomic E-state index is -0.0109. The summed E-state index contributed by atoms with van der Waals surface area (Å²) in [5.74, 6) is -0.0109. The van der Waals surface area contributed by atoms with E-state index in [4.69, 9.17) is 11.6 Å². The van der Waals surface area contributed by atoms with Crippen LogP contribution in [0.4, 0.5) is 0 Å². The lowest BCUT2D eigenvalue weighted by atomic mass is 10.0. The fourth-order valence-electron chi connectivity index (χ4n) is 3.53. The lowest BCUT2D eigenvalue weighted by Crippen LogP contribution is -2.47. The fraction of sp³-hybridized carbons (Fsp3) is 0.500. The van der Waals surface area contributed by atoms with Crippen molar-refractivity contribution in [1.82, 2.24) is 20.0 Å². The Morgan fingerprint density at radius 3 is 2.85 bits per heavy atom. The molecule has 0 bridgehead atoms. The summed E-state index contributed by atoms with van der Waals surface area (Å²) in [5.41, 5.74) is 2.88. The maximum Gasteiger partial charge on any atom is 0.255 e. The van der Waals surface area contributed by atoms with E-state index in [1.165, 1.54) is 5.56 Å². The van der Waals surface area contributed by atoms with Gasteiger partial charge < -0.3 is 5.32 Å². The van der Waals surface area contributed by atoms with Crippen LogP contribution in [0.25, 0.3) is 0 Å². The molecule has 0 unspecified atom stereocenters. The number of carbonyl (C=O) groups excluding carboxylic acids is 1. The molecule has 1 amide bonds. The monoisotopic (exact) mass is 374 g/mol. The lowest BCUT2D eigenvalue weighted by Gasteiger charge is -2.33. The van der Waals surface area contributed by atoms with Gasteiger partial charge in [0, 0.05) is 36.4 Å². The number of hydrogen-bond acceptors (Lipinski definition) is 3. The zero-order valence-corrected chi connectivity index (χ0v) is 16.3. The number of amides is 1. The van der Waals surface area contributed by atoms with Crippen LogP contribution < -0.4 is 5.32 Å². The molecule has 1 saturated heterocycles. The Kier molecular flexibility index (Phi) is 6.33. The second-order valence-corrected chi connectivity index (χ2v) is 7.48. The van der Waals surface area contributed by atoms with Crippen molar-refractivity contribution in [2.45, 2.75) is 52.2 Å². The predicted molar refractivity (Wildman–Crippen MR) is 104 cm³/mol. The molecule has 1 aromatic carbocycles. The molecular formula is C20H27ClN4O. The highest BCUT2D eigenvalue weighted by Gasteiger charge is 2.23. The molecule has 0 spiro atoms. The van der Waals surface area contributed by atoms with E-state index >= 15 is 0 Å². The van der Waals surface area contributed by atoms with Crippen LogP contribution in [0.3, 0.4) is 0 Å². The number of benzene rings is 1. The van der Waals surface area contributed by atoms with Crippen molar-refractivity contribution in [2.24, 2.45) is 0 Å². The van der Waals surface area contributed by atoms with Gasteiger partial charge in [0.25, 0.3) is 5.91 Å². The highest BCUT2D eigenvalue weighted by molar-refractivity contribution is 6.30. The molecule has 6 heteroatoms. The molecule has 1 atom stereocenters. The summed E-state index contributed by atoms with van der Waals surface area (Å²) in [6, 6.07) is 8.16. The molecule has 2 heterocycles. The van der Waals surface area contributed by atoms with Crippen molar-refractivity contribution >= 4 is 17.5 Å². The molecule has 1 aliphatic heterocycles.